The van der Waals surface area contributed by atoms with Crippen LogP contribution in [0.5, 0.6) is 5.75 Å². The van der Waals surface area contributed by atoms with Crippen molar-refractivity contribution in [1.82, 2.24) is 15.1 Å². The standard InChI is InChI=1S/C27H26N4O4/c1-18-9-11-19(12-10-18)16-28-26(33)27(2)17-30-23(15-22(29-30)24-8-5-13-35-24)25(32)31(27)20-6-4-7-21(14-20)34-3/h4-15H,16-17H2,1-3H3,(H,28,33)/t27-/m1/s1. The molecule has 1 aliphatic rings. The maximum absolute atomic E-state index is 13.8. The molecule has 2 aromatic heterocycles. The van der Waals surface area contributed by atoms with E-state index >= 15 is 0 Å². The Hall–Kier alpha value is -4.33. The quantitative estimate of drug-likeness (QED) is 0.456. The summed E-state index contributed by atoms with van der Waals surface area (Å²) in [4.78, 5) is 29.1. The zero-order valence-electron chi connectivity index (χ0n) is 19.8. The number of methoxy groups -OCH3 is 1. The van der Waals surface area contributed by atoms with Gasteiger partial charge < -0.3 is 14.5 Å². The molecular weight excluding hydrogens is 444 g/mol. The molecule has 1 atom stereocenters. The van der Waals surface area contributed by atoms with Crippen molar-refractivity contribution in [2.45, 2.75) is 32.5 Å². The van der Waals surface area contributed by atoms with Crippen LogP contribution in [-0.2, 0) is 17.9 Å². The van der Waals surface area contributed by atoms with Gasteiger partial charge in [0.15, 0.2) is 5.76 Å². The van der Waals surface area contributed by atoms with Gasteiger partial charge in [-0.1, -0.05) is 35.9 Å². The first-order chi connectivity index (χ1) is 16.9. The fraction of sp³-hybridized carbons (Fsp3) is 0.222. The molecule has 0 fully saturated rings. The average Bonchev–Trinajstić information content (AvgIpc) is 3.54. The molecule has 178 valence electrons. The largest absolute Gasteiger partial charge is 0.497 e. The summed E-state index contributed by atoms with van der Waals surface area (Å²) in [5.41, 5.74) is 2.36. The molecule has 0 unspecified atom stereocenters. The number of nitrogens with one attached hydrogen (secondary N) is 1. The molecule has 0 aliphatic carbocycles. The molecule has 4 aromatic rings. The number of carbonyl (C=O) groups excluding carboxylic acids is 2. The Morgan fingerprint density at radius 2 is 1.94 bits per heavy atom. The zero-order valence-corrected chi connectivity index (χ0v) is 19.8. The monoisotopic (exact) mass is 470 g/mol. The van der Waals surface area contributed by atoms with Gasteiger partial charge in [0.2, 0.25) is 5.91 Å². The van der Waals surface area contributed by atoms with E-state index in [2.05, 4.69) is 10.4 Å². The lowest BCUT2D eigenvalue weighted by atomic mass is 9.93. The number of benzene rings is 2. The van der Waals surface area contributed by atoms with E-state index in [9.17, 15) is 9.59 Å². The molecule has 35 heavy (non-hydrogen) atoms. The van der Waals surface area contributed by atoms with Crippen molar-refractivity contribution in [2.24, 2.45) is 0 Å². The second-order valence-corrected chi connectivity index (χ2v) is 8.83. The highest BCUT2D eigenvalue weighted by Gasteiger charge is 2.49. The van der Waals surface area contributed by atoms with Gasteiger partial charge in [-0.3, -0.25) is 19.2 Å². The van der Waals surface area contributed by atoms with Gasteiger partial charge in [-0.05, 0) is 43.7 Å². The Balaban J connectivity index is 1.53. The number of ether oxygens (including phenoxy) is 1. The van der Waals surface area contributed by atoms with E-state index in [0.29, 0.717) is 35.1 Å². The smallest absolute Gasteiger partial charge is 0.277 e. The maximum Gasteiger partial charge on any atom is 0.277 e. The van der Waals surface area contributed by atoms with Gasteiger partial charge >= 0.3 is 0 Å². The van der Waals surface area contributed by atoms with Crippen molar-refractivity contribution < 1.29 is 18.7 Å². The summed E-state index contributed by atoms with van der Waals surface area (Å²) >= 11 is 0. The Kier molecular flexibility index (Phi) is 5.64. The minimum Gasteiger partial charge on any atom is -0.497 e. The van der Waals surface area contributed by atoms with Crippen molar-refractivity contribution >= 4 is 17.5 Å². The van der Waals surface area contributed by atoms with Gasteiger partial charge in [-0.2, -0.15) is 5.10 Å². The molecule has 2 amide bonds. The summed E-state index contributed by atoms with van der Waals surface area (Å²) in [6, 6.07) is 20.3. The third kappa shape index (κ3) is 4.07. The number of carbonyl (C=O) groups is 2. The summed E-state index contributed by atoms with van der Waals surface area (Å²) in [6.07, 6.45) is 1.56. The van der Waals surface area contributed by atoms with Crippen LogP contribution >= 0.6 is 0 Å². The molecule has 8 heteroatoms. The Morgan fingerprint density at radius 1 is 1.14 bits per heavy atom. The number of nitrogens with zero attached hydrogens (tertiary/aromatic N) is 3. The van der Waals surface area contributed by atoms with Gasteiger partial charge in [0.05, 0.1) is 19.9 Å². The van der Waals surface area contributed by atoms with Gasteiger partial charge in [0.25, 0.3) is 5.91 Å². The number of fused-ring (bicyclic) bond motifs is 1. The second kappa shape index (κ2) is 8.79. The van der Waals surface area contributed by atoms with Crippen molar-refractivity contribution in [2.75, 3.05) is 12.0 Å². The fourth-order valence-corrected chi connectivity index (χ4v) is 4.36. The second-order valence-electron chi connectivity index (χ2n) is 8.83. The summed E-state index contributed by atoms with van der Waals surface area (Å²) < 4.78 is 12.4. The predicted octanol–water partition coefficient (Wildman–Crippen LogP) is 4.20. The average molecular weight is 471 g/mol. The molecule has 1 N–H and O–H groups in total. The van der Waals surface area contributed by atoms with Gasteiger partial charge in [0.1, 0.15) is 22.7 Å². The maximum atomic E-state index is 13.8. The van der Waals surface area contributed by atoms with Crippen LogP contribution in [0, 0.1) is 6.92 Å². The number of rotatable bonds is 6. The Bertz CT molecular complexity index is 1370. The molecule has 0 radical (unpaired) electrons. The SMILES string of the molecule is COc1cccc(N2C(=O)c3cc(-c4ccco4)nn3C[C@]2(C)C(=O)NCc2ccc(C)cc2)c1. The van der Waals surface area contributed by atoms with E-state index in [1.165, 1.54) is 4.90 Å². The normalized spacial score (nSPS) is 17.2. The Morgan fingerprint density at radius 3 is 2.66 bits per heavy atom. The third-order valence-electron chi connectivity index (χ3n) is 6.30. The van der Waals surface area contributed by atoms with Crippen molar-refractivity contribution in [3.05, 3.63) is 89.8 Å². The van der Waals surface area contributed by atoms with Gasteiger partial charge in [0, 0.05) is 24.4 Å². The first-order valence-electron chi connectivity index (χ1n) is 11.3. The Labute approximate surface area is 203 Å². The third-order valence-corrected chi connectivity index (χ3v) is 6.30. The number of aryl methyl sites for hydroxylation is 1. The molecule has 3 heterocycles. The van der Waals surface area contributed by atoms with E-state index in [0.717, 1.165) is 11.1 Å². The molecule has 0 saturated carbocycles. The van der Waals surface area contributed by atoms with Crippen LogP contribution in [0.25, 0.3) is 11.5 Å². The van der Waals surface area contributed by atoms with Crippen molar-refractivity contribution in [3.8, 4) is 17.2 Å². The molecule has 2 aromatic carbocycles. The predicted molar refractivity (Wildman–Crippen MR) is 131 cm³/mol. The molecule has 0 bridgehead atoms. The summed E-state index contributed by atoms with van der Waals surface area (Å²) in [6.45, 7) is 4.29. The van der Waals surface area contributed by atoms with Gasteiger partial charge in [-0.25, -0.2) is 0 Å². The van der Waals surface area contributed by atoms with E-state index in [1.54, 1.807) is 67.4 Å². The molecule has 5 rings (SSSR count). The molecule has 8 nitrogen and oxygen atoms in total. The zero-order chi connectivity index (χ0) is 24.6. The van der Waals surface area contributed by atoms with Crippen molar-refractivity contribution in [3.63, 3.8) is 0 Å². The van der Waals surface area contributed by atoms with Crippen LogP contribution in [0.2, 0.25) is 0 Å². The highest BCUT2D eigenvalue weighted by Crippen LogP contribution is 2.35. The number of hydrogen-bond donors (Lipinski definition) is 1. The summed E-state index contributed by atoms with van der Waals surface area (Å²) in [7, 11) is 1.56. The van der Waals surface area contributed by atoms with E-state index < -0.39 is 5.54 Å². The first-order valence-corrected chi connectivity index (χ1v) is 11.3. The highest BCUT2D eigenvalue weighted by atomic mass is 16.5. The minimum absolute atomic E-state index is 0.172. The number of hydrogen-bond acceptors (Lipinski definition) is 5. The van der Waals surface area contributed by atoms with Crippen LogP contribution in [0.15, 0.2) is 77.4 Å². The highest BCUT2D eigenvalue weighted by molar-refractivity contribution is 6.12. The lowest BCUT2D eigenvalue weighted by Crippen LogP contribution is -2.64. The van der Waals surface area contributed by atoms with E-state index in [-0.39, 0.29) is 18.4 Å². The summed E-state index contributed by atoms with van der Waals surface area (Å²) in [5.74, 6) is 0.531. The van der Waals surface area contributed by atoms with E-state index in [4.69, 9.17) is 9.15 Å². The number of anilines is 1. The van der Waals surface area contributed by atoms with Crippen LogP contribution in [-0.4, -0.2) is 34.2 Å². The van der Waals surface area contributed by atoms with Crippen LogP contribution in [0.1, 0.15) is 28.5 Å². The van der Waals surface area contributed by atoms with Crippen molar-refractivity contribution in [1.29, 1.82) is 0 Å². The van der Waals surface area contributed by atoms with E-state index in [1.807, 2.05) is 31.2 Å². The summed E-state index contributed by atoms with van der Waals surface area (Å²) in [5, 5.41) is 7.60. The minimum atomic E-state index is -1.24. The lowest BCUT2D eigenvalue weighted by molar-refractivity contribution is -0.126. The van der Waals surface area contributed by atoms with Gasteiger partial charge in [-0.15, -0.1) is 0 Å². The number of amides is 2. The molecule has 1 aliphatic heterocycles. The fourth-order valence-electron chi connectivity index (χ4n) is 4.36. The topological polar surface area (TPSA) is 89.6 Å². The van der Waals surface area contributed by atoms with Crippen LogP contribution < -0.4 is 15.0 Å². The number of aromatic nitrogens is 2. The molecule has 0 spiro atoms. The lowest BCUT2D eigenvalue weighted by Gasteiger charge is -2.43. The van der Waals surface area contributed by atoms with Crippen LogP contribution in [0.3, 0.4) is 0 Å². The first kappa shape index (κ1) is 22.5. The molecular formula is C27H26N4O4. The number of furan rings is 1. The molecule has 0 saturated heterocycles. The van der Waals surface area contributed by atoms with Crippen LogP contribution in [0.4, 0.5) is 5.69 Å².